The van der Waals surface area contributed by atoms with Gasteiger partial charge in [-0.25, -0.2) is 0 Å². The molecule has 6 nitrogen and oxygen atoms in total. The SMILES string of the molecule is CNC(=O)COc1c(OC)cc(CNC(C)C)cc1OC. The Kier molecular flexibility index (Phi) is 6.81. The van der Waals surface area contributed by atoms with E-state index in [0.717, 1.165) is 5.56 Å². The molecular formula is C15H24N2O4. The molecule has 0 fully saturated rings. The molecule has 0 aromatic heterocycles. The summed E-state index contributed by atoms with van der Waals surface area (Å²) in [5.74, 6) is 1.29. The summed E-state index contributed by atoms with van der Waals surface area (Å²) >= 11 is 0. The van der Waals surface area contributed by atoms with Gasteiger partial charge in [0.25, 0.3) is 5.91 Å². The number of hydrogen-bond acceptors (Lipinski definition) is 5. The number of likely N-dealkylation sites (N-methyl/N-ethyl adjacent to an activating group) is 1. The molecular weight excluding hydrogens is 272 g/mol. The lowest BCUT2D eigenvalue weighted by molar-refractivity contribution is -0.122. The molecule has 0 saturated carbocycles. The van der Waals surface area contributed by atoms with Crippen LogP contribution >= 0.6 is 0 Å². The smallest absolute Gasteiger partial charge is 0.257 e. The molecule has 0 aliphatic carbocycles. The summed E-state index contributed by atoms with van der Waals surface area (Å²) in [6.07, 6.45) is 0. The Morgan fingerprint density at radius 3 is 2.19 bits per heavy atom. The quantitative estimate of drug-likeness (QED) is 0.757. The van der Waals surface area contributed by atoms with Crippen LogP contribution < -0.4 is 24.8 Å². The number of benzene rings is 1. The Bertz CT molecular complexity index is 450. The molecule has 0 radical (unpaired) electrons. The molecule has 0 heterocycles. The van der Waals surface area contributed by atoms with Crippen molar-refractivity contribution >= 4 is 5.91 Å². The van der Waals surface area contributed by atoms with Crippen LogP contribution in [0.2, 0.25) is 0 Å². The molecule has 2 N–H and O–H groups in total. The van der Waals surface area contributed by atoms with Gasteiger partial charge < -0.3 is 24.8 Å². The molecule has 118 valence electrons. The van der Waals surface area contributed by atoms with E-state index in [2.05, 4.69) is 24.5 Å². The van der Waals surface area contributed by atoms with Crippen LogP contribution in [0.15, 0.2) is 12.1 Å². The summed E-state index contributed by atoms with van der Waals surface area (Å²) in [7, 11) is 4.67. The number of carbonyl (C=O) groups is 1. The molecule has 0 aliphatic heterocycles. The third kappa shape index (κ3) is 5.15. The molecule has 0 saturated heterocycles. The number of rotatable bonds is 8. The van der Waals surface area contributed by atoms with E-state index in [1.54, 1.807) is 21.3 Å². The monoisotopic (exact) mass is 296 g/mol. The van der Waals surface area contributed by atoms with Gasteiger partial charge in [-0.3, -0.25) is 4.79 Å². The van der Waals surface area contributed by atoms with E-state index in [-0.39, 0.29) is 12.5 Å². The minimum Gasteiger partial charge on any atom is -0.493 e. The number of hydrogen-bond donors (Lipinski definition) is 2. The largest absolute Gasteiger partial charge is 0.493 e. The van der Waals surface area contributed by atoms with Gasteiger partial charge in [0.15, 0.2) is 18.1 Å². The molecule has 1 aromatic carbocycles. The van der Waals surface area contributed by atoms with Crippen molar-refractivity contribution in [2.45, 2.75) is 26.4 Å². The normalized spacial score (nSPS) is 10.4. The van der Waals surface area contributed by atoms with Gasteiger partial charge in [0.2, 0.25) is 5.75 Å². The van der Waals surface area contributed by atoms with Crippen molar-refractivity contribution in [2.75, 3.05) is 27.9 Å². The first kappa shape index (κ1) is 17.1. The van der Waals surface area contributed by atoms with E-state index >= 15 is 0 Å². The van der Waals surface area contributed by atoms with Crippen molar-refractivity contribution in [1.29, 1.82) is 0 Å². The summed E-state index contributed by atoms with van der Waals surface area (Å²) in [6.45, 7) is 4.76. The minimum absolute atomic E-state index is 0.0905. The summed E-state index contributed by atoms with van der Waals surface area (Å²) in [6, 6.07) is 4.12. The highest BCUT2D eigenvalue weighted by atomic mass is 16.5. The number of carbonyl (C=O) groups excluding carboxylic acids is 1. The van der Waals surface area contributed by atoms with E-state index in [0.29, 0.717) is 29.8 Å². The molecule has 0 spiro atoms. The highest BCUT2D eigenvalue weighted by Gasteiger charge is 2.15. The highest BCUT2D eigenvalue weighted by molar-refractivity contribution is 5.77. The third-order valence-electron chi connectivity index (χ3n) is 2.86. The van der Waals surface area contributed by atoms with Gasteiger partial charge in [0, 0.05) is 19.6 Å². The lowest BCUT2D eigenvalue weighted by Gasteiger charge is -2.16. The molecule has 0 unspecified atom stereocenters. The summed E-state index contributed by atoms with van der Waals surface area (Å²) in [5, 5.41) is 5.83. The number of amides is 1. The fraction of sp³-hybridized carbons (Fsp3) is 0.533. The molecule has 1 amide bonds. The number of nitrogens with one attached hydrogen (secondary N) is 2. The average Bonchev–Trinajstić information content (AvgIpc) is 2.49. The predicted molar refractivity (Wildman–Crippen MR) is 81.1 cm³/mol. The molecule has 1 rings (SSSR count). The second-order valence-electron chi connectivity index (χ2n) is 4.83. The van der Waals surface area contributed by atoms with Crippen molar-refractivity contribution in [3.63, 3.8) is 0 Å². The van der Waals surface area contributed by atoms with E-state index in [1.165, 1.54) is 0 Å². The topological polar surface area (TPSA) is 68.8 Å². The van der Waals surface area contributed by atoms with Gasteiger partial charge in [-0.15, -0.1) is 0 Å². The maximum Gasteiger partial charge on any atom is 0.257 e. The standard InChI is InChI=1S/C15H24N2O4/c1-10(2)17-8-11-6-12(19-4)15(13(7-11)20-5)21-9-14(18)16-3/h6-7,10,17H,8-9H2,1-5H3,(H,16,18). The first-order valence-corrected chi connectivity index (χ1v) is 6.83. The summed E-state index contributed by atoms with van der Waals surface area (Å²) in [4.78, 5) is 11.3. The average molecular weight is 296 g/mol. The van der Waals surface area contributed by atoms with Crippen LogP contribution in [-0.2, 0) is 11.3 Å². The third-order valence-corrected chi connectivity index (χ3v) is 2.86. The van der Waals surface area contributed by atoms with Gasteiger partial charge >= 0.3 is 0 Å². The zero-order chi connectivity index (χ0) is 15.8. The van der Waals surface area contributed by atoms with Crippen molar-refractivity contribution in [2.24, 2.45) is 0 Å². The molecule has 21 heavy (non-hydrogen) atoms. The van der Waals surface area contributed by atoms with Crippen LogP contribution in [-0.4, -0.2) is 39.8 Å². The van der Waals surface area contributed by atoms with Crippen molar-refractivity contribution < 1.29 is 19.0 Å². The molecule has 0 atom stereocenters. The molecule has 6 heteroatoms. The van der Waals surface area contributed by atoms with Gasteiger partial charge in [0.05, 0.1) is 14.2 Å². The van der Waals surface area contributed by atoms with Crippen LogP contribution in [0.25, 0.3) is 0 Å². The van der Waals surface area contributed by atoms with Crippen LogP contribution in [0.4, 0.5) is 0 Å². The fourth-order valence-corrected chi connectivity index (χ4v) is 1.71. The van der Waals surface area contributed by atoms with E-state index < -0.39 is 0 Å². The van der Waals surface area contributed by atoms with Crippen molar-refractivity contribution in [3.05, 3.63) is 17.7 Å². The Morgan fingerprint density at radius 2 is 1.76 bits per heavy atom. The van der Waals surface area contributed by atoms with E-state index in [1.807, 2.05) is 12.1 Å². The Balaban J connectivity index is 2.97. The van der Waals surface area contributed by atoms with Crippen LogP contribution in [0, 0.1) is 0 Å². The summed E-state index contributed by atoms with van der Waals surface area (Å²) < 4.78 is 16.2. The van der Waals surface area contributed by atoms with Gasteiger partial charge in [-0.2, -0.15) is 0 Å². The lowest BCUT2D eigenvalue weighted by atomic mass is 10.1. The summed E-state index contributed by atoms with van der Waals surface area (Å²) in [5.41, 5.74) is 1.02. The van der Waals surface area contributed by atoms with Crippen molar-refractivity contribution in [1.82, 2.24) is 10.6 Å². The van der Waals surface area contributed by atoms with Crippen molar-refractivity contribution in [3.8, 4) is 17.2 Å². The zero-order valence-electron chi connectivity index (χ0n) is 13.3. The highest BCUT2D eigenvalue weighted by Crippen LogP contribution is 2.38. The predicted octanol–water partition coefficient (Wildman–Crippen LogP) is 1.33. The van der Waals surface area contributed by atoms with Crippen LogP contribution in [0.1, 0.15) is 19.4 Å². The number of methoxy groups -OCH3 is 2. The first-order chi connectivity index (χ1) is 10.0. The van der Waals surface area contributed by atoms with Crippen LogP contribution in [0.5, 0.6) is 17.2 Å². The molecule has 0 bridgehead atoms. The second-order valence-corrected chi connectivity index (χ2v) is 4.83. The van der Waals surface area contributed by atoms with E-state index in [9.17, 15) is 4.79 Å². The minimum atomic E-state index is -0.218. The van der Waals surface area contributed by atoms with E-state index in [4.69, 9.17) is 14.2 Å². The number of ether oxygens (including phenoxy) is 3. The molecule has 1 aromatic rings. The first-order valence-electron chi connectivity index (χ1n) is 6.83. The fourth-order valence-electron chi connectivity index (χ4n) is 1.71. The Labute approximate surface area is 125 Å². The maximum atomic E-state index is 11.3. The maximum absolute atomic E-state index is 11.3. The van der Waals surface area contributed by atoms with Gasteiger partial charge in [-0.1, -0.05) is 13.8 Å². The zero-order valence-corrected chi connectivity index (χ0v) is 13.3. The van der Waals surface area contributed by atoms with Gasteiger partial charge in [-0.05, 0) is 17.7 Å². The lowest BCUT2D eigenvalue weighted by Crippen LogP contribution is -2.25. The molecule has 0 aliphatic rings. The Morgan fingerprint density at radius 1 is 1.19 bits per heavy atom. The second kappa shape index (κ2) is 8.36. The Hall–Kier alpha value is -1.95. The van der Waals surface area contributed by atoms with Crippen LogP contribution in [0.3, 0.4) is 0 Å². The van der Waals surface area contributed by atoms with Gasteiger partial charge in [0.1, 0.15) is 0 Å².